The number of pyridine rings is 2. The lowest BCUT2D eigenvalue weighted by Crippen LogP contribution is -2.61. The van der Waals surface area contributed by atoms with Gasteiger partial charge in [-0.2, -0.15) is 26.3 Å². The van der Waals surface area contributed by atoms with Crippen LogP contribution in [-0.4, -0.2) is 73.3 Å². The molecule has 404 valence electrons. The van der Waals surface area contributed by atoms with Crippen LogP contribution in [0.3, 0.4) is 0 Å². The van der Waals surface area contributed by atoms with E-state index in [1.165, 1.54) is 18.2 Å². The fourth-order valence-corrected chi connectivity index (χ4v) is 6.91. The summed E-state index contributed by atoms with van der Waals surface area (Å²) >= 11 is 6.45. The van der Waals surface area contributed by atoms with Crippen molar-refractivity contribution in [3.05, 3.63) is 141 Å². The average molecular weight is 1180 g/mol. The Labute approximate surface area is 444 Å². The molecular formula is C50H54Br2F6N8O9. The van der Waals surface area contributed by atoms with Crippen LogP contribution in [0.1, 0.15) is 93.0 Å². The van der Waals surface area contributed by atoms with Crippen LogP contribution in [0.15, 0.2) is 112 Å². The van der Waals surface area contributed by atoms with Gasteiger partial charge < -0.3 is 23.4 Å². The highest BCUT2D eigenvalue weighted by Crippen LogP contribution is 2.46. The third kappa shape index (κ3) is 16.6. The van der Waals surface area contributed by atoms with E-state index in [2.05, 4.69) is 75.8 Å². The van der Waals surface area contributed by atoms with Gasteiger partial charge in [0.05, 0.1) is 24.6 Å². The van der Waals surface area contributed by atoms with Crippen LogP contribution in [0.25, 0.3) is 11.6 Å². The van der Waals surface area contributed by atoms with Crippen LogP contribution in [0.2, 0.25) is 0 Å². The van der Waals surface area contributed by atoms with E-state index in [4.69, 9.17) is 23.4 Å². The Morgan fingerprint density at radius 2 is 1.13 bits per heavy atom. The van der Waals surface area contributed by atoms with Crippen LogP contribution < -0.4 is 21.5 Å². The molecule has 4 N–H and O–H groups in total. The summed E-state index contributed by atoms with van der Waals surface area (Å²) in [5.74, 6) is -3.97. The zero-order valence-corrected chi connectivity index (χ0v) is 45.0. The molecule has 2 atom stereocenters. The maximum Gasteiger partial charge on any atom is 0.427 e. The van der Waals surface area contributed by atoms with Crippen molar-refractivity contribution in [1.82, 2.24) is 31.0 Å². The molecule has 0 saturated carbocycles. The van der Waals surface area contributed by atoms with Gasteiger partial charge in [0.2, 0.25) is 11.2 Å². The third-order valence-electron chi connectivity index (χ3n) is 9.85. The molecule has 0 radical (unpaired) electrons. The molecule has 0 aliphatic carbocycles. The van der Waals surface area contributed by atoms with E-state index >= 15 is 0 Å². The molecule has 2 aromatic carbocycles. The van der Waals surface area contributed by atoms with E-state index < -0.39 is 89.8 Å². The molecule has 0 aliphatic heterocycles. The van der Waals surface area contributed by atoms with Crippen molar-refractivity contribution >= 4 is 67.2 Å². The molecule has 5 aromatic rings. The molecule has 0 fully saturated rings. The standard InChI is InChI=1S/C25H28BrF3N4O5.C25H26BrF3N4O4/c1-6-12-24(25(27,28)29,37-14-16-10-8-7-9-11-16)21(35)33-32-20(34)18-17(13-15(2)19(26)31-18)30-22(36)38-23(3,4)5;1-6-12-24(25(27,28)29,35-14-16-10-8-7-9-11-16)21-33-32-20(36-21)18-17(13-15(2)19(26)31-18)30-22(34)37-23(3,4)5/h6-11,13H,1,12,14H2,2-5H3,(H,30,36)(H,32,34)(H,33,35);6-11,13H,1,12,14H2,2-5H3,(H,30,34). The molecule has 0 saturated heterocycles. The predicted octanol–water partition coefficient (Wildman–Crippen LogP) is 12.5. The van der Waals surface area contributed by atoms with Crippen LogP contribution in [0.5, 0.6) is 0 Å². The molecule has 5 rings (SSSR count). The summed E-state index contributed by atoms with van der Waals surface area (Å²) < 4.78 is 113. The molecule has 0 aliphatic rings. The first-order valence-electron chi connectivity index (χ1n) is 22.4. The Morgan fingerprint density at radius 1 is 0.653 bits per heavy atom. The number of alkyl halides is 6. The SMILES string of the molecule is C=CCC(OCc1ccccc1)(C(=O)NNC(=O)c1nc(Br)c(C)cc1NC(=O)OC(C)(C)C)C(F)(F)F.C=CCC(OCc1ccccc1)(c1nnc(-c2nc(Br)c(C)cc2NC(=O)OC(C)(C)C)o1)C(F)(F)F. The molecule has 0 bridgehead atoms. The normalized spacial score (nSPS) is 13.4. The minimum absolute atomic E-state index is 0.0557. The molecule has 3 heterocycles. The second-order valence-corrected chi connectivity index (χ2v) is 19.7. The lowest BCUT2D eigenvalue weighted by Gasteiger charge is -2.33. The second kappa shape index (κ2) is 25.2. The number of amides is 4. The van der Waals surface area contributed by atoms with Crippen molar-refractivity contribution in [2.75, 3.05) is 10.6 Å². The monoisotopic (exact) mass is 1180 g/mol. The predicted molar refractivity (Wildman–Crippen MR) is 271 cm³/mol. The summed E-state index contributed by atoms with van der Waals surface area (Å²) in [6.07, 6.45) is -11.4. The minimum atomic E-state index is -5.17. The van der Waals surface area contributed by atoms with Gasteiger partial charge in [0.25, 0.3) is 23.6 Å². The van der Waals surface area contributed by atoms with Gasteiger partial charge in [0.1, 0.15) is 20.4 Å². The Hall–Kier alpha value is -6.70. The van der Waals surface area contributed by atoms with Gasteiger partial charge in [-0.05, 0) is 122 Å². The highest BCUT2D eigenvalue weighted by atomic mass is 79.9. The Balaban J connectivity index is 0.000000325. The van der Waals surface area contributed by atoms with Gasteiger partial charge in [-0.1, -0.05) is 72.8 Å². The van der Waals surface area contributed by atoms with E-state index in [0.717, 1.165) is 12.2 Å². The summed E-state index contributed by atoms with van der Waals surface area (Å²) in [6, 6.07) is 19.3. The quantitative estimate of drug-likeness (QED) is 0.0313. The van der Waals surface area contributed by atoms with Gasteiger partial charge in [0.15, 0.2) is 11.4 Å². The third-order valence-corrected chi connectivity index (χ3v) is 11.5. The van der Waals surface area contributed by atoms with Crippen LogP contribution in [-0.2, 0) is 42.6 Å². The molecule has 75 heavy (non-hydrogen) atoms. The lowest BCUT2D eigenvalue weighted by atomic mass is 9.97. The maximum atomic E-state index is 14.5. The van der Waals surface area contributed by atoms with Crippen LogP contribution in [0, 0.1) is 13.8 Å². The number of anilines is 2. The van der Waals surface area contributed by atoms with Gasteiger partial charge in [0, 0.05) is 12.8 Å². The molecule has 0 spiro atoms. The summed E-state index contributed by atoms with van der Waals surface area (Å²) in [5.41, 5.74) is -2.61. The number of hydrazine groups is 1. The number of halogens is 8. The first-order valence-corrected chi connectivity index (χ1v) is 23.9. The second-order valence-electron chi connectivity index (χ2n) is 18.2. The Morgan fingerprint density at radius 3 is 1.61 bits per heavy atom. The number of nitrogens with one attached hydrogen (secondary N) is 4. The molecular weight excluding hydrogens is 1130 g/mol. The lowest BCUT2D eigenvalue weighted by molar-refractivity contribution is -0.295. The maximum absolute atomic E-state index is 14.5. The van der Waals surface area contributed by atoms with Crippen molar-refractivity contribution in [3.8, 4) is 11.6 Å². The first kappa shape index (κ1) is 60.9. The number of benzene rings is 2. The molecule has 2 unspecified atom stereocenters. The topological polar surface area (TPSA) is 218 Å². The number of hydrogen-bond acceptors (Lipinski definition) is 13. The fraction of sp³-hybridized carbons (Fsp3) is 0.360. The van der Waals surface area contributed by atoms with Gasteiger partial charge in [-0.3, -0.25) is 31.1 Å². The highest BCUT2D eigenvalue weighted by Gasteiger charge is 2.62. The van der Waals surface area contributed by atoms with Crippen LogP contribution >= 0.6 is 31.9 Å². The van der Waals surface area contributed by atoms with Crippen molar-refractivity contribution in [2.24, 2.45) is 0 Å². The van der Waals surface area contributed by atoms with E-state index in [1.54, 1.807) is 115 Å². The highest BCUT2D eigenvalue weighted by molar-refractivity contribution is 9.10. The summed E-state index contributed by atoms with van der Waals surface area (Å²) in [4.78, 5) is 58.7. The van der Waals surface area contributed by atoms with E-state index in [-0.39, 0.29) is 34.2 Å². The van der Waals surface area contributed by atoms with Gasteiger partial charge >= 0.3 is 24.5 Å². The number of carbonyl (C=O) groups is 4. The number of rotatable bonds is 16. The minimum Gasteiger partial charge on any atom is -0.444 e. The Bertz CT molecular complexity index is 2830. The number of aryl methyl sites for hydroxylation is 2. The smallest absolute Gasteiger partial charge is 0.427 e. The largest absolute Gasteiger partial charge is 0.444 e. The van der Waals surface area contributed by atoms with E-state index in [1.807, 2.05) is 5.43 Å². The van der Waals surface area contributed by atoms with Gasteiger partial charge in [-0.15, -0.1) is 23.4 Å². The average Bonchev–Trinajstić information content (AvgIpc) is 3.80. The van der Waals surface area contributed by atoms with E-state index in [0.29, 0.717) is 26.9 Å². The summed E-state index contributed by atoms with van der Waals surface area (Å²) in [5, 5.41) is 12.4. The molecule has 3 aromatic heterocycles. The fourth-order valence-electron chi connectivity index (χ4n) is 6.33. The molecule has 25 heteroatoms. The number of aromatic nitrogens is 4. The molecule has 4 amide bonds. The van der Waals surface area contributed by atoms with Crippen molar-refractivity contribution < 1.29 is 68.9 Å². The van der Waals surface area contributed by atoms with Crippen LogP contribution in [0.4, 0.5) is 47.3 Å². The zero-order chi connectivity index (χ0) is 56.2. The number of nitrogens with zero attached hydrogens (tertiary/aromatic N) is 4. The van der Waals surface area contributed by atoms with E-state index in [9.17, 15) is 45.5 Å². The zero-order valence-electron chi connectivity index (χ0n) is 41.8. The number of carbonyl (C=O) groups excluding carboxylic acids is 4. The van der Waals surface area contributed by atoms with Crippen molar-refractivity contribution in [2.45, 2.75) is 116 Å². The summed E-state index contributed by atoms with van der Waals surface area (Å²) in [7, 11) is 0. The molecule has 17 nitrogen and oxygen atoms in total. The number of ether oxygens (including phenoxy) is 4. The number of hydrogen-bond donors (Lipinski definition) is 4. The first-order chi connectivity index (χ1) is 34.8. The van der Waals surface area contributed by atoms with Gasteiger partial charge in [-0.25, -0.2) is 19.6 Å². The summed E-state index contributed by atoms with van der Waals surface area (Å²) in [6.45, 7) is 19.2. The van der Waals surface area contributed by atoms with Crippen molar-refractivity contribution in [3.63, 3.8) is 0 Å². The van der Waals surface area contributed by atoms with Crippen molar-refractivity contribution in [1.29, 1.82) is 0 Å². The Kier molecular flexibility index (Phi) is 20.5.